The van der Waals surface area contributed by atoms with Crippen LogP contribution in [0.2, 0.25) is 0 Å². The van der Waals surface area contributed by atoms with Crippen molar-refractivity contribution in [2.75, 3.05) is 13.6 Å². The van der Waals surface area contributed by atoms with E-state index >= 15 is 0 Å². The van der Waals surface area contributed by atoms with Gasteiger partial charge in [-0.25, -0.2) is 0 Å². The van der Waals surface area contributed by atoms with Crippen LogP contribution < -0.4 is 5.32 Å². The molecule has 40 valence electrons. The van der Waals surface area contributed by atoms with Crippen molar-refractivity contribution in [2.24, 2.45) is 5.18 Å². The Hall–Kier alpha value is -0.770. The van der Waals surface area contributed by atoms with E-state index in [1.54, 1.807) is 7.05 Å². The second kappa shape index (κ2) is 3.42. The van der Waals surface area contributed by atoms with Crippen molar-refractivity contribution in [3.63, 3.8) is 0 Å². The average molecular weight is 102 g/mol. The minimum absolute atomic E-state index is 0.0312. The van der Waals surface area contributed by atoms with Gasteiger partial charge in [-0.2, -0.15) is 0 Å². The zero-order chi connectivity index (χ0) is 5.70. The lowest BCUT2D eigenvalue weighted by Gasteiger charge is -1.82. The minimum atomic E-state index is -0.664. The normalized spacial score (nSPS) is 8.14. The van der Waals surface area contributed by atoms with Gasteiger partial charge in [-0.05, 0) is 7.05 Å². The molecular formula is C3H6N2O2. The molecule has 0 radical (unpaired) electrons. The van der Waals surface area contributed by atoms with Crippen molar-refractivity contribution in [1.82, 2.24) is 5.32 Å². The molecule has 0 aliphatic heterocycles. The van der Waals surface area contributed by atoms with Crippen molar-refractivity contribution >= 4 is 5.91 Å². The maximum absolute atomic E-state index is 9.87. The van der Waals surface area contributed by atoms with Gasteiger partial charge < -0.3 is 5.32 Å². The summed E-state index contributed by atoms with van der Waals surface area (Å²) >= 11 is 0. The molecule has 0 aromatic rings. The van der Waals surface area contributed by atoms with E-state index in [0.717, 1.165) is 0 Å². The molecule has 4 heteroatoms. The SMILES string of the molecule is CNCC(=O)N=O. The predicted molar refractivity (Wildman–Crippen MR) is 24.7 cm³/mol. The van der Waals surface area contributed by atoms with Crippen LogP contribution in [-0.4, -0.2) is 19.5 Å². The lowest BCUT2D eigenvalue weighted by molar-refractivity contribution is -0.117. The van der Waals surface area contributed by atoms with E-state index in [4.69, 9.17) is 0 Å². The van der Waals surface area contributed by atoms with Crippen molar-refractivity contribution in [3.05, 3.63) is 4.91 Å². The molecule has 0 aliphatic carbocycles. The number of hydrogen-bond acceptors (Lipinski definition) is 3. The zero-order valence-electron chi connectivity index (χ0n) is 3.97. The van der Waals surface area contributed by atoms with Gasteiger partial charge in [0.1, 0.15) is 0 Å². The molecule has 0 unspecified atom stereocenters. The summed E-state index contributed by atoms with van der Waals surface area (Å²) < 4.78 is 0. The molecule has 1 amide bonds. The smallest absolute Gasteiger partial charge is 0.299 e. The van der Waals surface area contributed by atoms with Crippen LogP contribution in [0.4, 0.5) is 0 Å². The summed E-state index contributed by atoms with van der Waals surface area (Å²) in [6.45, 7) is 0.0312. The third kappa shape index (κ3) is 3.05. The molecule has 0 fully saturated rings. The number of carbonyl (C=O) groups is 1. The lowest BCUT2D eigenvalue weighted by atomic mass is 10.6. The monoisotopic (exact) mass is 102 g/mol. The molecule has 0 atom stereocenters. The molecule has 0 spiro atoms. The van der Waals surface area contributed by atoms with Crippen LogP contribution in [0.15, 0.2) is 5.18 Å². The van der Waals surface area contributed by atoms with Crippen molar-refractivity contribution in [3.8, 4) is 0 Å². The van der Waals surface area contributed by atoms with Crippen LogP contribution >= 0.6 is 0 Å². The van der Waals surface area contributed by atoms with Gasteiger partial charge in [0, 0.05) is 5.18 Å². The van der Waals surface area contributed by atoms with Gasteiger partial charge in [0.05, 0.1) is 6.54 Å². The molecule has 0 rings (SSSR count). The molecule has 4 nitrogen and oxygen atoms in total. The van der Waals surface area contributed by atoms with E-state index in [1.165, 1.54) is 0 Å². The molecule has 1 N–H and O–H groups in total. The van der Waals surface area contributed by atoms with Crippen LogP contribution in [0.3, 0.4) is 0 Å². The zero-order valence-corrected chi connectivity index (χ0v) is 3.97. The van der Waals surface area contributed by atoms with Gasteiger partial charge >= 0.3 is 0 Å². The highest BCUT2D eigenvalue weighted by Gasteiger charge is 1.92. The predicted octanol–water partition coefficient (Wildman–Crippen LogP) is -0.501. The van der Waals surface area contributed by atoms with Crippen LogP contribution in [0.25, 0.3) is 0 Å². The van der Waals surface area contributed by atoms with Crippen LogP contribution in [0.5, 0.6) is 0 Å². The van der Waals surface area contributed by atoms with Gasteiger partial charge in [-0.3, -0.25) is 4.79 Å². The fraction of sp³-hybridized carbons (Fsp3) is 0.667. The molecule has 0 heterocycles. The minimum Gasteiger partial charge on any atom is -0.311 e. The Bertz CT molecular complexity index is 81.0. The third-order valence-corrected chi connectivity index (χ3v) is 0.430. The van der Waals surface area contributed by atoms with Gasteiger partial charge in [-0.15, -0.1) is 4.91 Å². The summed E-state index contributed by atoms with van der Waals surface area (Å²) in [5.74, 6) is -0.664. The summed E-state index contributed by atoms with van der Waals surface area (Å²) in [5, 5.41) is 4.60. The molecule has 0 saturated carbocycles. The Morgan fingerprint density at radius 1 is 1.86 bits per heavy atom. The number of nitrogens with zero attached hydrogens (tertiary/aromatic N) is 1. The van der Waals surface area contributed by atoms with E-state index in [1.807, 2.05) is 0 Å². The van der Waals surface area contributed by atoms with E-state index in [9.17, 15) is 9.70 Å². The van der Waals surface area contributed by atoms with E-state index in [0.29, 0.717) is 0 Å². The Labute approximate surface area is 40.9 Å². The van der Waals surface area contributed by atoms with Gasteiger partial charge in [0.2, 0.25) is 0 Å². The van der Waals surface area contributed by atoms with Crippen LogP contribution in [-0.2, 0) is 4.79 Å². The molecule has 0 aromatic heterocycles. The Kier molecular flexibility index (Phi) is 3.04. The molecule has 0 aliphatic rings. The highest BCUT2D eigenvalue weighted by Crippen LogP contribution is 1.65. The molecule has 7 heavy (non-hydrogen) atoms. The standard InChI is InChI=1S/C3H6N2O2/c1-4-2-3(6)5-7/h4H,2H2,1H3. The maximum atomic E-state index is 9.87. The lowest BCUT2D eigenvalue weighted by Crippen LogP contribution is -2.15. The summed E-state index contributed by atoms with van der Waals surface area (Å²) in [5.41, 5.74) is 0. The topological polar surface area (TPSA) is 58.5 Å². The maximum Gasteiger partial charge on any atom is 0.299 e. The molecular weight excluding hydrogens is 96.0 g/mol. The number of carbonyl (C=O) groups excluding carboxylic acids is 1. The number of rotatable bonds is 2. The second-order valence-corrected chi connectivity index (χ2v) is 1.02. The van der Waals surface area contributed by atoms with Crippen molar-refractivity contribution in [2.45, 2.75) is 0 Å². The fourth-order valence-electron chi connectivity index (χ4n) is 0.184. The Morgan fingerprint density at radius 3 is 2.57 bits per heavy atom. The summed E-state index contributed by atoms with van der Waals surface area (Å²) in [7, 11) is 1.57. The van der Waals surface area contributed by atoms with E-state index in [2.05, 4.69) is 10.5 Å². The number of nitrogens with one attached hydrogen (secondary N) is 1. The fourth-order valence-corrected chi connectivity index (χ4v) is 0.184. The third-order valence-electron chi connectivity index (χ3n) is 0.430. The summed E-state index contributed by atoms with van der Waals surface area (Å²) in [4.78, 5) is 19.1. The van der Waals surface area contributed by atoms with Gasteiger partial charge in [0.25, 0.3) is 5.91 Å². The quantitative estimate of drug-likeness (QED) is 0.478. The first kappa shape index (κ1) is 6.23. The van der Waals surface area contributed by atoms with Gasteiger partial charge in [-0.1, -0.05) is 0 Å². The van der Waals surface area contributed by atoms with Crippen molar-refractivity contribution in [1.29, 1.82) is 0 Å². The number of hydrogen-bond donors (Lipinski definition) is 1. The van der Waals surface area contributed by atoms with Crippen molar-refractivity contribution < 1.29 is 4.79 Å². The van der Waals surface area contributed by atoms with E-state index in [-0.39, 0.29) is 6.54 Å². The number of likely N-dealkylation sites (N-methyl/N-ethyl adjacent to an activating group) is 1. The molecule has 0 bridgehead atoms. The Balaban J connectivity index is 3.17. The first-order valence-corrected chi connectivity index (χ1v) is 1.82. The first-order valence-electron chi connectivity index (χ1n) is 1.82. The van der Waals surface area contributed by atoms with Gasteiger partial charge in [0.15, 0.2) is 0 Å². The van der Waals surface area contributed by atoms with Crippen LogP contribution in [0.1, 0.15) is 0 Å². The van der Waals surface area contributed by atoms with Crippen LogP contribution in [0, 0.1) is 4.91 Å². The number of amides is 1. The highest BCUT2D eigenvalue weighted by atomic mass is 16.3. The summed E-state index contributed by atoms with van der Waals surface area (Å²) in [6.07, 6.45) is 0. The molecule has 0 aromatic carbocycles. The number of nitroso groups, excluding NO2 is 1. The van der Waals surface area contributed by atoms with E-state index < -0.39 is 5.91 Å². The summed E-state index contributed by atoms with van der Waals surface area (Å²) in [6, 6.07) is 0. The average Bonchev–Trinajstić information content (AvgIpc) is 1.68. The highest BCUT2D eigenvalue weighted by molar-refractivity contribution is 5.78. The first-order chi connectivity index (χ1) is 3.31. The second-order valence-electron chi connectivity index (χ2n) is 1.02. The molecule has 0 saturated heterocycles. The Morgan fingerprint density at radius 2 is 2.43 bits per heavy atom. The largest absolute Gasteiger partial charge is 0.311 e.